The molecule has 114 valence electrons. The molecule has 0 bridgehead atoms. The molecular weight excluding hydrogens is 276 g/mol. The van der Waals surface area contributed by atoms with Crippen LogP contribution in [0.25, 0.3) is 0 Å². The molecule has 0 saturated carbocycles. The first-order valence-electron chi connectivity index (χ1n) is 7.25. The lowest BCUT2D eigenvalue weighted by Crippen LogP contribution is -2.40. The van der Waals surface area contributed by atoms with Crippen molar-refractivity contribution in [3.63, 3.8) is 0 Å². The number of aryl methyl sites for hydroxylation is 1. The van der Waals surface area contributed by atoms with Gasteiger partial charge in [0.1, 0.15) is 0 Å². The lowest BCUT2D eigenvalue weighted by molar-refractivity contribution is -0.139. The minimum absolute atomic E-state index is 0.209. The minimum Gasteiger partial charge on any atom is -0.344 e. The van der Waals surface area contributed by atoms with Crippen molar-refractivity contribution in [3.8, 4) is 0 Å². The molecule has 0 aliphatic carbocycles. The van der Waals surface area contributed by atoms with Gasteiger partial charge in [-0.15, -0.1) is 0 Å². The highest BCUT2D eigenvalue weighted by Crippen LogP contribution is 2.10. The predicted molar refractivity (Wildman–Crippen MR) is 86.0 cm³/mol. The minimum atomic E-state index is -0.622. The van der Waals surface area contributed by atoms with E-state index in [4.69, 9.17) is 0 Å². The molecule has 4 heteroatoms. The van der Waals surface area contributed by atoms with Gasteiger partial charge in [0, 0.05) is 6.54 Å². The molecule has 2 aromatic carbocycles. The molecule has 22 heavy (non-hydrogen) atoms. The summed E-state index contributed by atoms with van der Waals surface area (Å²) < 4.78 is 0. The highest BCUT2D eigenvalue weighted by molar-refractivity contribution is 6.35. The molecular formula is C18H20N2O2. The zero-order chi connectivity index (χ0) is 15.9. The fraction of sp³-hybridized carbons (Fsp3) is 0.222. The first kappa shape index (κ1) is 15.8. The topological polar surface area (TPSA) is 58.2 Å². The van der Waals surface area contributed by atoms with Crippen LogP contribution in [0.4, 0.5) is 0 Å². The molecule has 2 N–H and O–H groups in total. The number of amides is 2. The fourth-order valence-electron chi connectivity index (χ4n) is 2.06. The average Bonchev–Trinajstić information content (AvgIpc) is 2.54. The maximum Gasteiger partial charge on any atom is 0.309 e. The van der Waals surface area contributed by atoms with E-state index in [-0.39, 0.29) is 6.04 Å². The molecule has 0 fully saturated rings. The van der Waals surface area contributed by atoms with Gasteiger partial charge in [0.15, 0.2) is 0 Å². The number of hydrogen-bond donors (Lipinski definition) is 2. The van der Waals surface area contributed by atoms with Crippen molar-refractivity contribution >= 4 is 11.8 Å². The maximum absolute atomic E-state index is 11.9. The lowest BCUT2D eigenvalue weighted by Gasteiger charge is -2.14. The number of benzene rings is 2. The highest BCUT2D eigenvalue weighted by Gasteiger charge is 2.16. The van der Waals surface area contributed by atoms with Gasteiger partial charge in [-0.05, 0) is 25.0 Å². The van der Waals surface area contributed by atoms with Gasteiger partial charge in [0.2, 0.25) is 0 Å². The summed E-state index contributed by atoms with van der Waals surface area (Å²) in [6.45, 7) is 4.19. The van der Waals surface area contributed by atoms with Crippen LogP contribution in [0.2, 0.25) is 0 Å². The number of carbonyl (C=O) groups excluding carboxylic acids is 2. The Morgan fingerprint density at radius 2 is 1.59 bits per heavy atom. The number of hydrogen-bond acceptors (Lipinski definition) is 2. The molecule has 2 aromatic rings. The maximum atomic E-state index is 11.9. The Hall–Kier alpha value is -2.62. The molecule has 2 rings (SSSR count). The summed E-state index contributed by atoms with van der Waals surface area (Å²) in [5, 5.41) is 5.31. The van der Waals surface area contributed by atoms with Crippen molar-refractivity contribution in [1.29, 1.82) is 0 Å². The van der Waals surface area contributed by atoms with Crippen LogP contribution in [0, 0.1) is 6.92 Å². The van der Waals surface area contributed by atoms with E-state index in [9.17, 15) is 9.59 Å². The molecule has 0 radical (unpaired) electrons. The highest BCUT2D eigenvalue weighted by atomic mass is 16.2. The molecule has 1 atom stereocenters. The standard InChI is InChI=1S/C18H20N2O2/c1-13-8-10-15(11-9-13)12-19-17(21)18(22)20-14(2)16-6-4-3-5-7-16/h3-11,14H,12H2,1-2H3,(H,19,21)(H,20,22)/t14-/m0/s1. The van der Waals surface area contributed by atoms with Crippen LogP contribution in [-0.2, 0) is 16.1 Å². The second kappa shape index (κ2) is 7.41. The third kappa shape index (κ3) is 4.45. The predicted octanol–water partition coefficient (Wildman–Crippen LogP) is 2.49. The van der Waals surface area contributed by atoms with Crippen LogP contribution in [0.1, 0.15) is 29.7 Å². The van der Waals surface area contributed by atoms with E-state index < -0.39 is 11.8 Å². The van der Waals surface area contributed by atoms with Gasteiger partial charge >= 0.3 is 11.8 Å². The van der Waals surface area contributed by atoms with Crippen molar-refractivity contribution in [3.05, 3.63) is 71.3 Å². The van der Waals surface area contributed by atoms with Crippen LogP contribution in [0.5, 0.6) is 0 Å². The van der Waals surface area contributed by atoms with Crippen LogP contribution < -0.4 is 10.6 Å². The number of carbonyl (C=O) groups is 2. The van der Waals surface area contributed by atoms with Crippen LogP contribution in [0.3, 0.4) is 0 Å². The molecule has 0 aliphatic heterocycles. The Morgan fingerprint density at radius 3 is 2.23 bits per heavy atom. The van der Waals surface area contributed by atoms with Crippen molar-refractivity contribution in [2.75, 3.05) is 0 Å². The average molecular weight is 296 g/mol. The summed E-state index contributed by atoms with van der Waals surface area (Å²) in [6, 6.07) is 17.1. The van der Waals surface area contributed by atoms with Crippen LogP contribution >= 0.6 is 0 Å². The lowest BCUT2D eigenvalue weighted by atomic mass is 10.1. The Bertz CT molecular complexity index is 636. The van der Waals surface area contributed by atoms with Gasteiger partial charge in [0.05, 0.1) is 6.04 Å². The van der Waals surface area contributed by atoms with Gasteiger partial charge in [-0.2, -0.15) is 0 Å². The summed E-state index contributed by atoms with van der Waals surface area (Å²) in [4.78, 5) is 23.7. The molecule has 2 amide bonds. The molecule has 4 nitrogen and oxygen atoms in total. The Kier molecular flexibility index (Phi) is 5.31. The Labute approximate surface area is 130 Å². The van der Waals surface area contributed by atoms with E-state index in [0.29, 0.717) is 6.54 Å². The zero-order valence-corrected chi connectivity index (χ0v) is 12.8. The summed E-state index contributed by atoms with van der Waals surface area (Å²) in [6.07, 6.45) is 0. The van der Waals surface area contributed by atoms with Crippen molar-refractivity contribution in [2.45, 2.75) is 26.4 Å². The molecule has 0 aliphatic rings. The normalized spacial score (nSPS) is 11.5. The molecule has 0 spiro atoms. The largest absolute Gasteiger partial charge is 0.344 e. The van der Waals surface area contributed by atoms with Crippen molar-refractivity contribution in [2.24, 2.45) is 0 Å². The summed E-state index contributed by atoms with van der Waals surface area (Å²) >= 11 is 0. The smallest absolute Gasteiger partial charge is 0.309 e. The van der Waals surface area contributed by atoms with Crippen molar-refractivity contribution in [1.82, 2.24) is 10.6 Å². The zero-order valence-electron chi connectivity index (χ0n) is 12.8. The van der Waals surface area contributed by atoms with E-state index in [1.165, 1.54) is 0 Å². The summed E-state index contributed by atoms with van der Waals surface area (Å²) in [5.41, 5.74) is 3.08. The molecule has 0 heterocycles. The van der Waals surface area contributed by atoms with Gasteiger partial charge in [-0.3, -0.25) is 9.59 Å². The van der Waals surface area contributed by atoms with Crippen molar-refractivity contribution < 1.29 is 9.59 Å². The third-order valence-electron chi connectivity index (χ3n) is 3.43. The molecule has 0 aromatic heterocycles. The number of rotatable bonds is 4. The molecule has 0 saturated heterocycles. The SMILES string of the molecule is Cc1ccc(CNC(=O)C(=O)N[C@@H](C)c2ccccc2)cc1. The second-order valence-corrected chi connectivity index (χ2v) is 5.27. The third-order valence-corrected chi connectivity index (χ3v) is 3.43. The first-order chi connectivity index (χ1) is 10.6. The quantitative estimate of drug-likeness (QED) is 0.852. The Balaban J connectivity index is 1.84. The summed E-state index contributed by atoms with van der Waals surface area (Å²) in [5.74, 6) is -1.24. The molecule has 0 unspecified atom stereocenters. The van der Waals surface area contributed by atoms with Gasteiger partial charge in [-0.1, -0.05) is 60.2 Å². The summed E-state index contributed by atoms with van der Waals surface area (Å²) in [7, 11) is 0. The van der Waals surface area contributed by atoms with E-state index in [1.54, 1.807) is 0 Å². The van der Waals surface area contributed by atoms with Gasteiger partial charge in [0.25, 0.3) is 0 Å². The monoisotopic (exact) mass is 296 g/mol. The first-order valence-corrected chi connectivity index (χ1v) is 7.25. The fourth-order valence-corrected chi connectivity index (χ4v) is 2.06. The second-order valence-electron chi connectivity index (χ2n) is 5.27. The van der Waals surface area contributed by atoms with Crippen LogP contribution in [-0.4, -0.2) is 11.8 Å². The van der Waals surface area contributed by atoms with E-state index in [2.05, 4.69) is 10.6 Å². The Morgan fingerprint density at radius 1 is 0.955 bits per heavy atom. The van der Waals surface area contributed by atoms with Gasteiger partial charge < -0.3 is 10.6 Å². The van der Waals surface area contributed by atoms with Gasteiger partial charge in [-0.25, -0.2) is 0 Å². The van der Waals surface area contributed by atoms with E-state index in [1.807, 2.05) is 68.4 Å². The van der Waals surface area contributed by atoms with E-state index >= 15 is 0 Å². The van der Waals surface area contributed by atoms with E-state index in [0.717, 1.165) is 16.7 Å². The van der Waals surface area contributed by atoms with Crippen LogP contribution in [0.15, 0.2) is 54.6 Å². The number of nitrogens with one attached hydrogen (secondary N) is 2.